The van der Waals surface area contributed by atoms with Gasteiger partial charge in [0.15, 0.2) is 5.13 Å². The summed E-state index contributed by atoms with van der Waals surface area (Å²) in [5, 5.41) is 3.96. The number of amides is 1. The van der Waals surface area contributed by atoms with Crippen LogP contribution in [0.3, 0.4) is 0 Å². The summed E-state index contributed by atoms with van der Waals surface area (Å²) in [6.45, 7) is 1.87. The third-order valence-electron chi connectivity index (χ3n) is 4.02. The van der Waals surface area contributed by atoms with Gasteiger partial charge in [0.1, 0.15) is 4.88 Å². The molecule has 0 radical (unpaired) electrons. The Labute approximate surface area is 147 Å². The van der Waals surface area contributed by atoms with E-state index >= 15 is 0 Å². The van der Waals surface area contributed by atoms with E-state index in [4.69, 9.17) is 4.98 Å². The highest BCUT2D eigenvalue weighted by Gasteiger charge is 2.18. The molecular weight excluding hydrogens is 340 g/mol. The van der Waals surface area contributed by atoms with Gasteiger partial charge in [0, 0.05) is 19.3 Å². The molecule has 3 heterocycles. The summed E-state index contributed by atoms with van der Waals surface area (Å²) in [4.78, 5) is 23.5. The average molecular weight is 356 g/mol. The molecule has 1 amide bonds. The van der Waals surface area contributed by atoms with Gasteiger partial charge in [-0.1, -0.05) is 29.0 Å². The third kappa shape index (κ3) is 3.18. The maximum absolute atomic E-state index is 11.9. The minimum Gasteiger partial charge on any atom is -0.347 e. The van der Waals surface area contributed by atoms with Gasteiger partial charge in [0.25, 0.3) is 5.91 Å². The van der Waals surface area contributed by atoms with E-state index in [2.05, 4.69) is 27.3 Å². The molecule has 5 nitrogen and oxygen atoms in total. The molecule has 24 heavy (non-hydrogen) atoms. The fourth-order valence-electron chi connectivity index (χ4n) is 2.69. The molecular formula is C17H16N4OS2. The lowest BCUT2D eigenvalue weighted by Crippen LogP contribution is -2.31. The lowest BCUT2D eigenvalue weighted by molar-refractivity contribution is 0.0973. The molecule has 7 heteroatoms. The van der Waals surface area contributed by atoms with Crippen LogP contribution in [0.2, 0.25) is 0 Å². The maximum Gasteiger partial charge on any atom is 0.266 e. The van der Waals surface area contributed by atoms with E-state index in [1.807, 2.05) is 18.3 Å². The van der Waals surface area contributed by atoms with Gasteiger partial charge >= 0.3 is 0 Å². The molecule has 1 fully saturated rings. The lowest BCUT2D eigenvalue weighted by Gasteiger charge is -2.27. The Bertz CT molecular complexity index is 842. The summed E-state index contributed by atoms with van der Waals surface area (Å²) < 4.78 is 1.23. The SMILES string of the molecule is O=C(NC=C1CCN(c2nc3ccccc3s2)CC1)c1cncs1. The number of rotatable bonds is 3. The zero-order valence-corrected chi connectivity index (χ0v) is 14.6. The number of anilines is 1. The van der Waals surface area contributed by atoms with E-state index in [1.54, 1.807) is 23.0 Å². The number of carbonyl (C=O) groups is 1. The number of hydrogen-bond acceptors (Lipinski definition) is 6. The molecule has 0 aliphatic carbocycles. The normalized spacial score (nSPS) is 14.8. The monoisotopic (exact) mass is 356 g/mol. The Hall–Kier alpha value is -2.25. The van der Waals surface area contributed by atoms with Crippen LogP contribution in [0.5, 0.6) is 0 Å². The fraction of sp³-hybridized carbons (Fsp3) is 0.235. The average Bonchev–Trinajstić information content (AvgIpc) is 3.29. The summed E-state index contributed by atoms with van der Waals surface area (Å²) in [5.74, 6) is -0.0846. The Morgan fingerprint density at radius 1 is 1.25 bits per heavy atom. The Kier molecular flexibility index (Phi) is 4.27. The second-order valence-corrected chi connectivity index (χ2v) is 7.49. The van der Waals surface area contributed by atoms with Crippen LogP contribution in [0.1, 0.15) is 22.5 Å². The van der Waals surface area contributed by atoms with Crippen LogP contribution in [0, 0.1) is 0 Å². The summed E-state index contributed by atoms with van der Waals surface area (Å²) in [5.41, 5.74) is 4.00. The Morgan fingerprint density at radius 3 is 2.83 bits per heavy atom. The molecule has 1 aliphatic heterocycles. The van der Waals surface area contributed by atoms with Crippen LogP contribution in [0.4, 0.5) is 5.13 Å². The summed E-state index contributed by atoms with van der Waals surface area (Å²) in [6, 6.07) is 8.24. The van der Waals surface area contributed by atoms with Crippen molar-refractivity contribution in [3.8, 4) is 0 Å². The molecule has 1 aliphatic rings. The number of hydrogen-bond donors (Lipinski definition) is 1. The van der Waals surface area contributed by atoms with E-state index in [-0.39, 0.29) is 5.91 Å². The molecule has 0 bridgehead atoms. The fourth-order valence-corrected chi connectivity index (χ4v) is 4.23. The molecule has 1 N–H and O–H groups in total. The van der Waals surface area contributed by atoms with Crippen LogP contribution >= 0.6 is 22.7 Å². The van der Waals surface area contributed by atoms with Crippen molar-refractivity contribution in [2.45, 2.75) is 12.8 Å². The minimum atomic E-state index is -0.0846. The smallest absolute Gasteiger partial charge is 0.266 e. The van der Waals surface area contributed by atoms with E-state index < -0.39 is 0 Å². The number of carbonyl (C=O) groups excluding carboxylic acids is 1. The van der Waals surface area contributed by atoms with Crippen molar-refractivity contribution in [1.29, 1.82) is 0 Å². The molecule has 0 saturated carbocycles. The number of para-hydroxylation sites is 1. The first-order valence-corrected chi connectivity index (χ1v) is 9.47. The minimum absolute atomic E-state index is 0.0846. The van der Waals surface area contributed by atoms with E-state index in [0.717, 1.165) is 36.6 Å². The highest BCUT2D eigenvalue weighted by molar-refractivity contribution is 7.22. The number of nitrogens with one attached hydrogen (secondary N) is 1. The van der Waals surface area contributed by atoms with Gasteiger partial charge in [-0.2, -0.15) is 0 Å². The van der Waals surface area contributed by atoms with Crippen LogP contribution in [0.25, 0.3) is 10.2 Å². The Morgan fingerprint density at radius 2 is 2.08 bits per heavy atom. The third-order valence-corrected chi connectivity index (χ3v) is 5.89. The molecule has 3 aromatic rings. The number of nitrogens with zero attached hydrogens (tertiary/aromatic N) is 3. The predicted molar refractivity (Wildman–Crippen MR) is 98.7 cm³/mol. The number of fused-ring (bicyclic) bond motifs is 1. The summed E-state index contributed by atoms with van der Waals surface area (Å²) >= 11 is 3.09. The van der Waals surface area contributed by atoms with E-state index in [1.165, 1.54) is 21.6 Å². The van der Waals surface area contributed by atoms with Gasteiger partial charge in [-0.25, -0.2) is 4.98 Å². The lowest BCUT2D eigenvalue weighted by atomic mass is 10.1. The molecule has 0 unspecified atom stereocenters. The zero-order valence-electron chi connectivity index (χ0n) is 12.9. The standard InChI is InChI=1S/C17H16N4OS2/c22-16(15-10-18-11-23-15)19-9-12-5-7-21(8-6-12)17-20-13-3-1-2-4-14(13)24-17/h1-4,9-11H,5-8H2,(H,19,22). The van der Waals surface area contributed by atoms with Gasteiger partial charge in [0.2, 0.25) is 0 Å². The quantitative estimate of drug-likeness (QED) is 0.778. The zero-order chi connectivity index (χ0) is 16.4. The van der Waals surface area contributed by atoms with Crippen LogP contribution in [-0.2, 0) is 0 Å². The largest absolute Gasteiger partial charge is 0.347 e. The Balaban J connectivity index is 1.37. The van der Waals surface area contributed by atoms with Gasteiger partial charge in [-0.15, -0.1) is 11.3 Å². The van der Waals surface area contributed by atoms with Crippen molar-refractivity contribution < 1.29 is 4.79 Å². The first-order valence-electron chi connectivity index (χ1n) is 7.77. The van der Waals surface area contributed by atoms with Crippen LogP contribution in [-0.4, -0.2) is 29.0 Å². The maximum atomic E-state index is 11.9. The van der Waals surface area contributed by atoms with Crippen molar-refractivity contribution in [2.24, 2.45) is 0 Å². The second kappa shape index (κ2) is 6.70. The second-order valence-electron chi connectivity index (χ2n) is 5.59. The first-order chi connectivity index (χ1) is 11.8. The molecule has 0 spiro atoms. The van der Waals surface area contributed by atoms with Gasteiger partial charge < -0.3 is 10.2 Å². The van der Waals surface area contributed by atoms with E-state index in [9.17, 15) is 4.79 Å². The number of thiazole rings is 2. The molecule has 1 aromatic carbocycles. The van der Waals surface area contributed by atoms with Crippen molar-refractivity contribution in [2.75, 3.05) is 18.0 Å². The molecule has 122 valence electrons. The molecule has 4 rings (SSSR count). The van der Waals surface area contributed by atoms with Crippen molar-refractivity contribution in [3.63, 3.8) is 0 Å². The van der Waals surface area contributed by atoms with Crippen LogP contribution < -0.4 is 10.2 Å². The molecule has 0 atom stereocenters. The summed E-state index contributed by atoms with van der Waals surface area (Å²) in [6.07, 6.45) is 5.34. The number of piperidine rings is 1. The predicted octanol–water partition coefficient (Wildman–Crippen LogP) is 3.67. The van der Waals surface area contributed by atoms with Crippen LogP contribution in [0.15, 0.2) is 47.7 Å². The van der Waals surface area contributed by atoms with Crippen molar-refractivity contribution in [3.05, 3.63) is 52.6 Å². The summed E-state index contributed by atoms with van der Waals surface area (Å²) in [7, 11) is 0. The van der Waals surface area contributed by atoms with Crippen molar-refractivity contribution in [1.82, 2.24) is 15.3 Å². The first kappa shape index (κ1) is 15.3. The molecule has 1 saturated heterocycles. The number of aromatic nitrogens is 2. The highest BCUT2D eigenvalue weighted by atomic mass is 32.1. The van der Waals surface area contributed by atoms with Crippen molar-refractivity contribution >= 4 is 43.9 Å². The number of benzene rings is 1. The van der Waals surface area contributed by atoms with E-state index in [0.29, 0.717) is 4.88 Å². The molecule has 2 aromatic heterocycles. The topological polar surface area (TPSA) is 58.1 Å². The van der Waals surface area contributed by atoms with Gasteiger partial charge in [-0.05, 0) is 25.0 Å². The highest BCUT2D eigenvalue weighted by Crippen LogP contribution is 2.31. The van der Waals surface area contributed by atoms with Gasteiger partial charge in [-0.3, -0.25) is 9.78 Å². The van der Waals surface area contributed by atoms with Gasteiger partial charge in [0.05, 0.1) is 21.9 Å².